The summed E-state index contributed by atoms with van der Waals surface area (Å²) < 4.78 is 19.4. The zero-order valence-corrected chi connectivity index (χ0v) is 13.5. The van der Waals surface area contributed by atoms with E-state index in [1.165, 1.54) is 0 Å². The molecule has 6 heteroatoms. The van der Waals surface area contributed by atoms with Crippen molar-refractivity contribution in [1.29, 1.82) is 0 Å². The molecule has 1 aromatic carbocycles. The third kappa shape index (κ3) is 5.83. The number of esters is 1. The van der Waals surface area contributed by atoms with E-state index in [1.807, 2.05) is 0 Å². The first kappa shape index (κ1) is 18.8. The van der Waals surface area contributed by atoms with Crippen LogP contribution in [0.15, 0.2) is 30.9 Å². The first-order valence-corrected chi connectivity index (χ1v) is 7.57. The van der Waals surface area contributed by atoms with Crippen LogP contribution in [0.3, 0.4) is 0 Å². The molecule has 0 saturated carbocycles. The number of carbonyl (C=O) groups excluding carboxylic acids is 2. The number of nitrogens with one attached hydrogen (secondary N) is 2. The molecule has 0 aliphatic carbocycles. The molecule has 0 saturated heterocycles. The molecule has 5 nitrogen and oxygen atoms in total. The molecule has 23 heavy (non-hydrogen) atoms. The van der Waals surface area contributed by atoms with Crippen LogP contribution in [-0.2, 0) is 20.7 Å². The van der Waals surface area contributed by atoms with Crippen LogP contribution in [-0.4, -0.2) is 25.0 Å². The fourth-order valence-corrected chi connectivity index (χ4v) is 2.06. The van der Waals surface area contributed by atoms with E-state index < -0.39 is 11.7 Å². The smallest absolute Gasteiger partial charge is 0.306 e. The van der Waals surface area contributed by atoms with Gasteiger partial charge in [-0.2, -0.15) is 0 Å². The number of ether oxygens (including phenoxy) is 1. The van der Waals surface area contributed by atoms with Gasteiger partial charge in [0.05, 0.1) is 12.5 Å². The second kappa shape index (κ2) is 9.74. The monoisotopic (exact) mass is 322 g/mol. The van der Waals surface area contributed by atoms with Crippen molar-refractivity contribution in [2.45, 2.75) is 32.6 Å². The van der Waals surface area contributed by atoms with Crippen molar-refractivity contribution in [1.82, 2.24) is 10.9 Å². The Bertz CT molecular complexity index is 561. The van der Waals surface area contributed by atoms with Crippen molar-refractivity contribution >= 4 is 11.9 Å². The molecule has 1 amide bonds. The van der Waals surface area contributed by atoms with Crippen LogP contribution in [0, 0.1) is 5.82 Å². The molecule has 0 heterocycles. The summed E-state index contributed by atoms with van der Waals surface area (Å²) in [6, 6.07) is 4.86. The minimum absolute atomic E-state index is 0.107. The number of amides is 1. The van der Waals surface area contributed by atoms with Crippen molar-refractivity contribution in [3.63, 3.8) is 0 Å². The summed E-state index contributed by atoms with van der Waals surface area (Å²) in [6.45, 7) is 7.59. The van der Waals surface area contributed by atoms with Gasteiger partial charge in [-0.3, -0.25) is 15.0 Å². The molecule has 1 aromatic rings. The van der Waals surface area contributed by atoms with Gasteiger partial charge in [-0.05, 0) is 25.8 Å². The molecule has 0 radical (unpaired) electrons. The largest absolute Gasteiger partial charge is 0.466 e. The number of hydrazine groups is 1. The van der Waals surface area contributed by atoms with Gasteiger partial charge in [0.15, 0.2) is 0 Å². The number of aryl methyl sites for hydroxylation is 1. The fraction of sp³-hybridized carbons (Fsp3) is 0.412. The Morgan fingerprint density at radius 1 is 1.43 bits per heavy atom. The third-order valence-corrected chi connectivity index (χ3v) is 3.33. The summed E-state index contributed by atoms with van der Waals surface area (Å²) in [7, 11) is 0. The second-order valence-corrected chi connectivity index (χ2v) is 5.01. The second-order valence-electron chi connectivity index (χ2n) is 5.01. The lowest BCUT2D eigenvalue weighted by Crippen LogP contribution is -2.40. The van der Waals surface area contributed by atoms with Gasteiger partial charge < -0.3 is 4.74 Å². The fourth-order valence-electron chi connectivity index (χ4n) is 2.06. The van der Waals surface area contributed by atoms with E-state index in [9.17, 15) is 14.0 Å². The van der Waals surface area contributed by atoms with Crippen molar-refractivity contribution < 1.29 is 18.7 Å². The number of carbonyl (C=O) groups is 2. The first-order valence-electron chi connectivity index (χ1n) is 7.57. The molecule has 126 valence electrons. The van der Waals surface area contributed by atoms with Crippen molar-refractivity contribution in [3.8, 4) is 0 Å². The number of hydrogen-bond donors (Lipinski definition) is 2. The molecule has 0 aromatic heterocycles. The van der Waals surface area contributed by atoms with E-state index in [-0.39, 0.29) is 24.7 Å². The Labute approximate surface area is 135 Å². The highest BCUT2D eigenvalue weighted by atomic mass is 19.1. The number of benzene rings is 1. The van der Waals surface area contributed by atoms with Gasteiger partial charge in [0.2, 0.25) is 5.91 Å². The maximum atomic E-state index is 14.5. The van der Waals surface area contributed by atoms with Crippen LogP contribution in [0.5, 0.6) is 0 Å². The number of rotatable bonds is 9. The third-order valence-electron chi connectivity index (χ3n) is 3.33. The van der Waals surface area contributed by atoms with Crippen molar-refractivity contribution in [2.24, 2.45) is 0 Å². The highest BCUT2D eigenvalue weighted by Gasteiger charge is 2.20. The average molecular weight is 322 g/mol. The molecule has 0 spiro atoms. The Balaban J connectivity index is 2.76. The van der Waals surface area contributed by atoms with E-state index in [2.05, 4.69) is 17.4 Å². The predicted molar refractivity (Wildman–Crippen MR) is 86.1 cm³/mol. The Morgan fingerprint density at radius 2 is 2.17 bits per heavy atom. The van der Waals surface area contributed by atoms with E-state index >= 15 is 0 Å². The number of hydrogen-bond acceptors (Lipinski definition) is 4. The van der Waals surface area contributed by atoms with Gasteiger partial charge in [0.1, 0.15) is 5.82 Å². The Morgan fingerprint density at radius 3 is 2.83 bits per heavy atom. The van der Waals surface area contributed by atoms with E-state index in [4.69, 9.17) is 4.74 Å². The molecule has 1 atom stereocenters. The standard InChI is InChI=1S/C17H23FN2O3/c1-4-11-19-20-17(22)12(3)14-8-6-7-13(16(14)18)9-10-15(21)23-5-2/h4,6-8,12,19H,1,5,9-11H2,2-3H3,(H,20,22). The van der Waals surface area contributed by atoms with Gasteiger partial charge in [-0.1, -0.05) is 24.3 Å². The molecular weight excluding hydrogens is 299 g/mol. The molecule has 0 aliphatic rings. The molecule has 1 unspecified atom stereocenters. The van der Waals surface area contributed by atoms with Crippen LogP contribution in [0.4, 0.5) is 4.39 Å². The summed E-state index contributed by atoms with van der Waals surface area (Å²) in [5.41, 5.74) is 5.86. The van der Waals surface area contributed by atoms with Crippen LogP contribution < -0.4 is 10.9 Å². The molecule has 2 N–H and O–H groups in total. The summed E-state index contributed by atoms with van der Waals surface area (Å²) in [6.07, 6.45) is 1.94. The van der Waals surface area contributed by atoms with Gasteiger partial charge in [-0.25, -0.2) is 9.82 Å². The zero-order chi connectivity index (χ0) is 17.2. The molecular formula is C17H23FN2O3. The lowest BCUT2D eigenvalue weighted by Gasteiger charge is -2.15. The Kier molecular flexibility index (Phi) is 7.97. The van der Waals surface area contributed by atoms with Crippen molar-refractivity contribution in [3.05, 3.63) is 47.8 Å². The minimum Gasteiger partial charge on any atom is -0.466 e. The average Bonchev–Trinajstić information content (AvgIpc) is 2.53. The van der Waals surface area contributed by atoms with Crippen LogP contribution in [0.1, 0.15) is 37.3 Å². The van der Waals surface area contributed by atoms with Crippen LogP contribution in [0.25, 0.3) is 0 Å². The molecule has 1 rings (SSSR count). The summed E-state index contributed by atoms with van der Waals surface area (Å²) in [5.74, 6) is -1.82. The topological polar surface area (TPSA) is 67.4 Å². The summed E-state index contributed by atoms with van der Waals surface area (Å²) in [4.78, 5) is 23.4. The highest BCUT2D eigenvalue weighted by molar-refractivity contribution is 5.82. The quantitative estimate of drug-likeness (QED) is 0.317. The lowest BCUT2D eigenvalue weighted by molar-refractivity contribution is -0.143. The van der Waals surface area contributed by atoms with E-state index in [1.54, 1.807) is 38.1 Å². The van der Waals surface area contributed by atoms with Gasteiger partial charge in [0.25, 0.3) is 0 Å². The van der Waals surface area contributed by atoms with Crippen LogP contribution in [0.2, 0.25) is 0 Å². The van der Waals surface area contributed by atoms with Crippen LogP contribution >= 0.6 is 0 Å². The molecule has 0 fully saturated rings. The minimum atomic E-state index is -0.658. The van der Waals surface area contributed by atoms with Gasteiger partial charge >= 0.3 is 5.97 Å². The van der Waals surface area contributed by atoms with E-state index in [0.29, 0.717) is 24.3 Å². The lowest BCUT2D eigenvalue weighted by atomic mass is 9.96. The maximum absolute atomic E-state index is 14.5. The highest BCUT2D eigenvalue weighted by Crippen LogP contribution is 2.22. The normalized spacial score (nSPS) is 11.6. The predicted octanol–water partition coefficient (Wildman–Crippen LogP) is 2.23. The summed E-state index contributed by atoms with van der Waals surface area (Å²) in [5, 5.41) is 0. The number of halogens is 1. The Hall–Kier alpha value is -2.21. The zero-order valence-electron chi connectivity index (χ0n) is 13.5. The first-order chi connectivity index (χ1) is 11.0. The summed E-state index contributed by atoms with van der Waals surface area (Å²) >= 11 is 0. The maximum Gasteiger partial charge on any atom is 0.306 e. The van der Waals surface area contributed by atoms with Gasteiger partial charge in [0, 0.05) is 18.5 Å². The van der Waals surface area contributed by atoms with Gasteiger partial charge in [-0.15, -0.1) is 6.58 Å². The van der Waals surface area contributed by atoms with E-state index in [0.717, 1.165) is 0 Å². The van der Waals surface area contributed by atoms with Crippen molar-refractivity contribution in [2.75, 3.05) is 13.2 Å². The molecule has 0 aliphatic heterocycles. The SMILES string of the molecule is C=CCNNC(=O)C(C)c1cccc(CCC(=O)OCC)c1F. The molecule has 0 bridgehead atoms.